The van der Waals surface area contributed by atoms with E-state index in [0.717, 1.165) is 57.1 Å². The number of aromatic hydroxyl groups is 1. The highest BCUT2D eigenvalue weighted by Crippen LogP contribution is 2.28. The van der Waals surface area contributed by atoms with Gasteiger partial charge in [-0.15, -0.1) is 0 Å². The van der Waals surface area contributed by atoms with Gasteiger partial charge < -0.3 is 20.1 Å². The van der Waals surface area contributed by atoms with Gasteiger partial charge in [0.05, 0.1) is 30.5 Å². The van der Waals surface area contributed by atoms with E-state index in [1.165, 1.54) is 0 Å². The first-order valence-corrected chi connectivity index (χ1v) is 10.3. The number of anilines is 1. The Morgan fingerprint density at radius 3 is 2.61 bits per heavy atom. The van der Waals surface area contributed by atoms with Crippen molar-refractivity contribution in [2.45, 2.75) is 13.0 Å². The Kier molecular flexibility index (Phi) is 7.91. The largest absolute Gasteiger partial charge is 0.508 e. The summed E-state index contributed by atoms with van der Waals surface area (Å²) in [6.45, 7) is 5.83. The van der Waals surface area contributed by atoms with Gasteiger partial charge in [0.25, 0.3) is 0 Å². The molecule has 1 saturated heterocycles. The molecule has 0 amide bonds. The van der Waals surface area contributed by atoms with Gasteiger partial charge in [0.2, 0.25) is 0 Å². The molecular weight excluding hydrogens is 394 g/mol. The number of phenols is 1. The standard InChI is InChI=1S/C21H26ClN3O2S/c22-18-7-2-3-8-19(18)25(16-17-6-1-4-9-20(17)26)21(28)23-10-5-11-24-12-14-27-15-13-24/h1-4,6-9,26H,5,10-16H2,(H,23,28). The average Bonchev–Trinajstić information content (AvgIpc) is 2.72. The maximum absolute atomic E-state index is 10.2. The number of ether oxygens (including phenoxy) is 1. The van der Waals surface area contributed by atoms with E-state index in [1.807, 2.05) is 41.3 Å². The Labute approximate surface area is 176 Å². The SMILES string of the molecule is Oc1ccccc1CN(C(=S)NCCCN1CCOCC1)c1ccccc1Cl. The van der Waals surface area contributed by atoms with Crippen molar-refractivity contribution in [3.8, 4) is 5.75 Å². The Morgan fingerprint density at radius 1 is 1.14 bits per heavy atom. The molecule has 7 heteroatoms. The zero-order valence-electron chi connectivity index (χ0n) is 15.8. The fourth-order valence-electron chi connectivity index (χ4n) is 3.17. The molecule has 5 nitrogen and oxygen atoms in total. The van der Waals surface area contributed by atoms with Crippen LogP contribution in [0.25, 0.3) is 0 Å². The summed E-state index contributed by atoms with van der Waals surface area (Å²) in [5.74, 6) is 0.245. The van der Waals surface area contributed by atoms with Crippen LogP contribution in [0.15, 0.2) is 48.5 Å². The topological polar surface area (TPSA) is 48.0 Å². The number of phenolic OH excluding ortho intramolecular Hbond substituents is 1. The Morgan fingerprint density at radius 2 is 1.86 bits per heavy atom. The zero-order valence-corrected chi connectivity index (χ0v) is 17.4. The predicted molar refractivity (Wildman–Crippen MR) is 118 cm³/mol. The summed E-state index contributed by atoms with van der Waals surface area (Å²) in [6, 6.07) is 14.9. The number of thiocarbonyl (C=S) groups is 1. The van der Waals surface area contributed by atoms with Crippen LogP contribution in [0, 0.1) is 0 Å². The number of rotatable bonds is 7. The third-order valence-electron chi connectivity index (χ3n) is 4.74. The fraction of sp³-hybridized carbons (Fsp3) is 0.381. The molecule has 2 N–H and O–H groups in total. The molecule has 28 heavy (non-hydrogen) atoms. The second-order valence-corrected chi connectivity index (χ2v) is 7.50. The van der Waals surface area contributed by atoms with Crippen LogP contribution >= 0.6 is 23.8 Å². The highest BCUT2D eigenvalue weighted by atomic mass is 35.5. The Bertz CT molecular complexity index is 784. The number of para-hydroxylation sites is 2. The lowest BCUT2D eigenvalue weighted by molar-refractivity contribution is 0.0376. The smallest absolute Gasteiger partial charge is 0.173 e. The second-order valence-electron chi connectivity index (χ2n) is 6.71. The number of benzene rings is 2. The van der Waals surface area contributed by atoms with Gasteiger partial charge in [0, 0.05) is 25.2 Å². The van der Waals surface area contributed by atoms with E-state index < -0.39 is 0 Å². The number of halogens is 1. The Balaban J connectivity index is 1.63. The van der Waals surface area contributed by atoms with Crippen molar-refractivity contribution in [3.63, 3.8) is 0 Å². The summed E-state index contributed by atoms with van der Waals surface area (Å²) in [7, 11) is 0. The number of hydrogen-bond acceptors (Lipinski definition) is 4. The van der Waals surface area contributed by atoms with Crippen molar-refractivity contribution in [1.29, 1.82) is 0 Å². The van der Waals surface area contributed by atoms with Crippen LogP contribution in [0.2, 0.25) is 5.02 Å². The van der Waals surface area contributed by atoms with Gasteiger partial charge in [0.1, 0.15) is 5.75 Å². The monoisotopic (exact) mass is 419 g/mol. The molecule has 2 aromatic rings. The van der Waals surface area contributed by atoms with E-state index in [1.54, 1.807) is 12.1 Å². The van der Waals surface area contributed by atoms with Crippen LogP contribution < -0.4 is 10.2 Å². The molecule has 0 bridgehead atoms. The summed E-state index contributed by atoms with van der Waals surface area (Å²) < 4.78 is 5.38. The van der Waals surface area contributed by atoms with Crippen LogP contribution in [0.3, 0.4) is 0 Å². The molecule has 1 heterocycles. The first-order valence-electron chi connectivity index (χ1n) is 9.52. The maximum atomic E-state index is 10.2. The van der Waals surface area contributed by atoms with Crippen molar-refractivity contribution in [2.24, 2.45) is 0 Å². The first kappa shape index (κ1) is 20.9. The maximum Gasteiger partial charge on any atom is 0.173 e. The van der Waals surface area contributed by atoms with E-state index in [2.05, 4.69) is 10.2 Å². The molecular formula is C21H26ClN3O2S. The number of nitrogens with zero attached hydrogens (tertiary/aromatic N) is 2. The van der Waals surface area contributed by atoms with Crippen molar-refractivity contribution in [2.75, 3.05) is 44.3 Å². The summed E-state index contributed by atoms with van der Waals surface area (Å²) in [5, 5.41) is 14.7. The molecule has 150 valence electrons. The minimum absolute atomic E-state index is 0.245. The van der Waals surface area contributed by atoms with E-state index >= 15 is 0 Å². The van der Waals surface area contributed by atoms with Crippen molar-refractivity contribution in [3.05, 3.63) is 59.1 Å². The fourth-order valence-corrected chi connectivity index (χ4v) is 3.67. The second kappa shape index (κ2) is 10.6. The van der Waals surface area contributed by atoms with Gasteiger partial charge in [-0.25, -0.2) is 0 Å². The number of nitrogens with one attached hydrogen (secondary N) is 1. The van der Waals surface area contributed by atoms with Crippen molar-refractivity contribution < 1.29 is 9.84 Å². The molecule has 0 radical (unpaired) electrons. The zero-order chi connectivity index (χ0) is 19.8. The van der Waals surface area contributed by atoms with E-state index in [0.29, 0.717) is 16.7 Å². The van der Waals surface area contributed by atoms with Crippen LogP contribution in [0.1, 0.15) is 12.0 Å². The lowest BCUT2D eigenvalue weighted by atomic mass is 10.1. The van der Waals surface area contributed by atoms with E-state index in [-0.39, 0.29) is 5.75 Å². The van der Waals surface area contributed by atoms with E-state index in [9.17, 15) is 5.11 Å². The number of hydrogen-bond donors (Lipinski definition) is 2. The summed E-state index contributed by atoms with van der Waals surface area (Å²) >= 11 is 12.1. The first-order chi connectivity index (χ1) is 13.6. The molecule has 1 aliphatic rings. The summed E-state index contributed by atoms with van der Waals surface area (Å²) in [5.41, 5.74) is 1.61. The highest BCUT2D eigenvalue weighted by Gasteiger charge is 2.17. The van der Waals surface area contributed by atoms with Crippen LogP contribution in [-0.4, -0.2) is 54.5 Å². The molecule has 0 aromatic heterocycles. The van der Waals surface area contributed by atoms with Crippen LogP contribution in [0.4, 0.5) is 5.69 Å². The summed E-state index contributed by atoms with van der Waals surface area (Å²) in [6.07, 6.45) is 0.993. The van der Waals surface area contributed by atoms with Crippen LogP contribution in [0.5, 0.6) is 5.75 Å². The van der Waals surface area contributed by atoms with E-state index in [4.69, 9.17) is 28.6 Å². The molecule has 1 aliphatic heterocycles. The Hall–Kier alpha value is -1.86. The van der Waals surface area contributed by atoms with Crippen molar-refractivity contribution >= 4 is 34.6 Å². The molecule has 0 saturated carbocycles. The summed E-state index contributed by atoms with van der Waals surface area (Å²) in [4.78, 5) is 4.34. The molecule has 0 spiro atoms. The van der Waals surface area contributed by atoms with Gasteiger partial charge in [-0.1, -0.05) is 41.9 Å². The minimum Gasteiger partial charge on any atom is -0.508 e. The lowest BCUT2D eigenvalue weighted by Crippen LogP contribution is -2.41. The van der Waals surface area contributed by atoms with Gasteiger partial charge >= 0.3 is 0 Å². The quantitative estimate of drug-likeness (QED) is 0.527. The molecule has 0 unspecified atom stereocenters. The third kappa shape index (κ3) is 5.82. The molecule has 2 aromatic carbocycles. The predicted octanol–water partition coefficient (Wildman–Crippen LogP) is 3.65. The molecule has 0 aliphatic carbocycles. The van der Waals surface area contributed by atoms with Gasteiger partial charge in [-0.3, -0.25) is 4.90 Å². The van der Waals surface area contributed by atoms with Gasteiger partial charge in [0.15, 0.2) is 5.11 Å². The molecule has 1 fully saturated rings. The van der Waals surface area contributed by atoms with Crippen LogP contribution in [-0.2, 0) is 11.3 Å². The average molecular weight is 420 g/mol. The van der Waals surface area contributed by atoms with Gasteiger partial charge in [-0.05, 0) is 43.4 Å². The number of morpholine rings is 1. The highest BCUT2D eigenvalue weighted by molar-refractivity contribution is 7.80. The van der Waals surface area contributed by atoms with Crippen molar-refractivity contribution in [1.82, 2.24) is 10.2 Å². The normalized spacial score (nSPS) is 14.6. The lowest BCUT2D eigenvalue weighted by Gasteiger charge is -2.28. The molecule has 0 atom stereocenters. The minimum atomic E-state index is 0.245. The third-order valence-corrected chi connectivity index (χ3v) is 5.42. The van der Waals surface area contributed by atoms with Gasteiger partial charge in [-0.2, -0.15) is 0 Å². The molecule has 3 rings (SSSR count).